The van der Waals surface area contributed by atoms with Crippen LogP contribution in [0.1, 0.15) is 0 Å². The summed E-state index contributed by atoms with van der Waals surface area (Å²) in [6.45, 7) is 0. The maximum Gasteiger partial charge on any atom is 0.491 e. The van der Waals surface area contributed by atoms with Crippen LogP contribution in [-0.4, -0.2) is 28.7 Å². The lowest BCUT2D eigenvalue weighted by Crippen LogP contribution is -2.32. The Morgan fingerprint density at radius 1 is 1.56 bits per heavy atom. The van der Waals surface area contributed by atoms with Crippen LogP contribution in [0.4, 0.5) is 10.1 Å². The van der Waals surface area contributed by atoms with Gasteiger partial charge >= 0.3 is 7.12 Å². The third-order valence-electron chi connectivity index (χ3n) is 1.93. The predicted molar refractivity (Wildman–Crippen MR) is 64.8 cm³/mol. The van der Waals surface area contributed by atoms with E-state index in [-0.39, 0.29) is 16.9 Å². The molecule has 6 N–H and O–H groups in total. The van der Waals surface area contributed by atoms with Gasteiger partial charge in [0.1, 0.15) is 11.9 Å². The van der Waals surface area contributed by atoms with Crippen LogP contribution in [0, 0.1) is 22.6 Å². The lowest BCUT2D eigenvalue weighted by Gasteiger charge is -2.05. The van der Waals surface area contributed by atoms with Crippen molar-refractivity contribution < 1.29 is 14.4 Å². The number of nitriles is 1. The molecule has 0 aliphatic heterocycles. The van der Waals surface area contributed by atoms with Crippen molar-refractivity contribution in [3.8, 4) is 6.07 Å². The van der Waals surface area contributed by atoms with Crippen molar-refractivity contribution in [2.24, 2.45) is 10.8 Å². The summed E-state index contributed by atoms with van der Waals surface area (Å²) in [5.74, 6) is -1.30. The first-order valence-electron chi connectivity index (χ1n) is 4.69. The molecule has 0 saturated heterocycles. The monoisotopic (exact) mass is 249 g/mol. The maximum absolute atomic E-state index is 13.1. The zero-order valence-corrected chi connectivity index (χ0v) is 9.05. The normalized spacial score (nSPS) is 10.7. The quantitative estimate of drug-likeness (QED) is 0.196. The molecule has 18 heavy (non-hydrogen) atoms. The predicted octanol–water partition coefficient (Wildman–Crippen LogP) is -1.27. The number of hydrogen-bond acceptors (Lipinski definition) is 6. The molecule has 7 nitrogen and oxygen atoms in total. The van der Waals surface area contributed by atoms with E-state index >= 15 is 0 Å². The summed E-state index contributed by atoms with van der Waals surface area (Å²) in [5.41, 5.74) is 6.96. The van der Waals surface area contributed by atoms with Gasteiger partial charge in [-0.25, -0.2) is 4.39 Å². The highest BCUT2D eigenvalue weighted by Gasteiger charge is 2.16. The fraction of sp³-hybridized carbons (Fsp3) is 0. The highest BCUT2D eigenvalue weighted by molar-refractivity contribution is 6.58. The second-order valence-corrected chi connectivity index (χ2v) is 3.21. The van der Waals surface area contributed by atoms with Crippen molar-refractivity contribution in [3.05, 3.63) is 24.0 Å². The minimum atomic E-state index is -1.96. The molecule has 0 aromatic heterocycles. The summed E-state index contributed by atoms with van der Waals surface area (Å²) in [7, 11) is -1.96. The molecule has 1 aromatic rings. The number of amidine groups is 1. The lowest BCUT2D eigenvalue weighted by atomic mass is 9.80. The molecule has 0 saturated carbocycles. The van der Waals surface area contributed by atoms with Gasteiger partial charge in [0.15, 0.2) is 5.84 Å². The van der Waals surface area contributed by atoms with Crippen LogP contribution in [0.25, 0.3) is 0 Å². The molecule has 0 fully saturated rings. The number of hydrogen-bond donors (Lipinski definition) is 5. The van der Waals surface area contributed by atoms with Crippen molar-refractivity contribution in [3.63, 3.8) is 0 Å². The van der Waals surface area contributed by atoms with Gasteiger partial charge in [-0.05, 0) is 18.2 Å². The second kappa shape index (κ2) is 5.76. The van der Waals surface area contributed by atoms with Gasteiger partial charge in [-0.3, -0.25) is 10.8 Å². The van der Waals surface area contributed by atoms with E-state index in [1.165, 1.54) is 6.07 Å². The highest BCUT2D eigenvalue weighted by atomic mass is 19.1. The highest BCUT2D eigenvalue weighted by Crippen LogP contribution is 2.07. The van der Waals surface area contributed by atoms with Crippen LogP contribution < -0.4 is 16.6 Å². The maximum atomic E-state index is 13.1. The molecule has 9 heteroatoms. The number of nitrogens with one attached hydrogen (secondary N) is 2. The van der Waals surface area contributed by atoms with Crippen molar-refractivity contribution in [1.29, 1.82) is 10.7 Å². The first kappa shape index (κ1) is 13.6. The van der Waals surface area contributed by atoms with E-state index in [1.54, 1.807) is 6.07 Å². The van der Waals surface area contributed by atoms with E-state index in [0.29, 0.717) is 0 Å². The number of anilines is 1. The number of halogens is 1. The number of hydrazone groups is 1. The Bertz CT molecular complexity index is 540. The average molecular weight is 249 g/mol. The molecule has 0 aliphatic carbocycles. The minimum absolute atomic E-state index is 0.216. The van der Waals surface area contributed by atoms with Gasteiger partial charge in [0, 0.05) is 5.46 Å². The Balaban J connectivity index is 2.97. The van der Waals surface area contributed by atoms with Crippen molar-refractivity contribution in [1.82, 2.24) is 0 Å². The Hall–Kier alpha value is -2.44. The van der Waals surface area contributed by atoms with E-state index in [4.69, 9.17) is 26.5 Å². The lowest BCUT2D eigenvalue weighted by molar-refractivity contribution is 0.423. The zero-order valence-electron chi connectivity index (χ0n) is 9.05. The first-order valence-corrected chi connectivity index (χ1v) is 4.69. The smallest absolute Gasteiger partial charge is 0.423 e. The summed E-state index contributed by atoms with van der Waals surface area (Å²) in [5, 5.41) is 36.9. The van der Waals surface area contributed by atoms with Gasteiger partial charge in [-0.2, -0.15) is 10.4 Å². The number of rotatable bonds is 4. The number of nitrogens with two attached hydrogens (primary N) is 1. The Labute approximate surface area is 102 Å². The number of nitrogens with zero attached hydrogens (tertiary/aromatic N) is 2. The van der Waals surface area contributed by atoms with Crippen LogP contribution in [0.15, 0.2) is 23.3 Å². The Kier molecular flexibility index (Phi) is 4.36. The summed E-state index contributed by atoms with van der Waals surface area (Å²) in [4.78, 5) is 0. The van der Waals surface area contributed by atoms with Gasteiger partial charge in [0.05, 0.1) is 5.69 Å². The van der Waals surface area contributed by atoms with Crippen molar-refractivity contribution >= 4 is 29.8 Å². The average Bonchev–Trinajstić information content (AvgIpc) is 2.31. The SMILES string of the molecule is N#C/C(=N\Nc1ccc(F)c(B(O)O)c1)C(=N)N. The largest absolute Gasteiger partial charge is 0.491 e. The van der Waals surface area contributed by atoms with Gasteiger partial charge in [-0.1, -0.05) is 0 Å². The molecule has 0 aliphatic rings. The van der Waals surface area contributed by atoms with E-state index in [2.05, 4.69) is 10.5 Å². The third-order valence-corrected chi connectivity index (χ3v) is 1.93. The Morgan fingerprint density at radius 2 is 2.22 bits per heavy atom. The van der Waals surface area contributed by atoms with Crippen LogP contribution in [0.2, 0.25) is 0 Å². The molecule has 1 rings (SSSR count). The minimum Gasteiger partial charge on any atom is -0.423 e. The summed E-state index contributed by atoms with van der Waals surface area (Å²) in [6.07, 6.45) is 0. The summed E-state index contributed by atoms with van der Waals surface area (Å²) < 4.78 is 13.1. The molecule has 0 bridgehead atoms. The fourth-order valence-corrected chi connectivity index (χ4v) is 1.08. The second-order valence-electron chi connectivity index (χ2n) is 3.21. The molecule has 1 aromatic carbocycles. The molecule has 0 amide bonds. The molecule has 0 radical (unpaired) electrons. The number of benzene rings is 1. The molecular formula is C9H9BFN5O2. The third kappa shape index (κ3) is 3.28. The summed E-state index contributed by atoms with van der Waals surface area (Å²) in [6, 6.07) is 4.98. The Morgan fingerprint density at radius 3 is 2.72 bits per heavy atom. The molecule has 0 unspecified atom stereocenters. The van der Waals surface area contributed by atoms with Gasteiger partial charge in [-0.15, -0.1) is 0 Å². The van der Waals surface area contributed by atoms with E-state index in [0.717, 1.165) is 12.1 Å². The van der Waals surface area contributed by atoms with Crippen molar-refractivity contribution in [2.45, 2.75) is 0 Å². The zero-order chi connectivity index (χ0) is 13.7. The van der Waals surface area contributed by atoms with Crippen molar-refractivity contribution in [2.75, 3.05) is 5.43 Å². The molecular weight excluding hydrogens is 240 g/mol. The molecule has 0 heterocycles. The molecule has 92 valence electrons. The van der Waals surface area contributed by atoms with Crippen LogP contribution >= 0.6 is 0 Å². The molecule has 0 spiro atoms. The van der Waals surface area contributed by atoms with E-state index in [1.807, 2.05) is 0 Å². The van der Waals surface area contributed by atoms with E-state index < -0.39 is 18.8 Å². The standard InChI is InChI=1S/C9H9BFN5O2/c11-7-2-1-5(3-6(7)10(17)18)15-16-8(4-12)9(13)14/h1-3,15,17-18H,(H3,13,14)/b16-8+. The topological polar surface area (TPSA) is 139 Å². The van der Waals surface area contributed by atoms with Crippen LogP contribution in [-0.2, 0) is 0 Å². The fourth-order valence-electron chi connectivity index (χ4n) is 1.08. The van der Waals surface area contributed by atoms with Gasteiger partial charge in [0.25, 0.3) is 0 Å². The van der Waals surface area contributed by atoms with Gasteiger partial charge < -0.3 is 15.8 Å². The molecule has 0 atom stereocenters. The van der Waals surface area contributed by atoms with E-state index in [9.17, 15) is 4.39 Å². The van der Waals surface area contributed by atoms with Gasteiger partial charge in [0.2, 0.25) is 5.71 Å². The van der Waals surface area contributed by atoms with Crippen LogP contribution in [0.3, 0.4) is 0 Å². The summed E-state index contributed by atoms with van der Waals surface area (Å²) >= 11 is 0. The van der Waals surface area contributed by atoms with Crippen LogP contribution in [0.5, 0.6) is 0 Å². The first-order chi connectivity index (χ1) is 8.45.